The summed E-state index contributed by atoms with van der Waals surface area (Å²) in [6, 6.07) is 45.8. The number of amides is 12. The minimum atomic E-state index is -1.01. The number of carboxylic acids is 2. The van der Waals surface area contributed by atoms with Crippen LogP contribution in [0.15, 0.2) is 185 Å². The Morgan fingerprint density at radius 1 is 0.400 bits per heavy atom. The molecule has 4 aliphatic rings. The molecule has 12 amide bonds. The summed E-state index contributed by atoms with van der Waals surface area (Å²) in [7, 11) is 0. The molecule has 14 N–H and O–H groups in total. The summed E-state index contributed by atoms with van der Waals surface area (Å²) in [6.07, 6.45) is 4.26. The number of aromatic carboxylic acids is 2. The van der Waals surface area contributed by atoms with Crippen molar-refractivity contribution in [3.63, 3.8) is 0 Å². The molecule has 0 unspecified atom stereocenters. The Bertz CT molecular complexity index is 4600. The average molecular weight is 1500 g/mol. The van der Waals surface area contributed by atoms with Gasteiger partial charge in [-0.1, -0.05) is 96.7 Å². The van der Waals surface area contributed by atoms with Crippen LogP contribution in [0.25, 0.3) is 18.2 Å². The van der Waals surface area contributed by atoms with Gasteiger partial charge in [-0.25, -0.2) is 19.2 Å². The number of benzene rings is 7. The van der Waals surface area contributed by atoms with Crippen LogP contribution in [0.4, 0.5) is 62.9 Å². The van der Waals surface area contributed by atoms with Gasteiger partial charge in [-0.2, -0.15) is 0 Å². The number of para-hydroxylation sites is 6. The molecule has 7 aromatic rings. The summed E-state index contributed by atoms with van der Waals surface area (Å²) in [6.45, 7) is 10.7. The number of aldehydes is 1. The molecule has 0 radical (unpaired) electrons. The Hall–Kier alpha value is -12.6. The minimum Gasteiger partial charge on any atom is -0.478 e. The highest BCUT2D eigenvalue weighted by Gasteiger charge is 2.28. The number of anilines is 6. The van der Waals surface area contributed by atoms with Gasteiger partial charge in [0.15, 0.2) is 0 Å². The molecular formula is C72H66N10O19S4. The molecule has 4 heterocycles. The summed E-state index contributed by atoms with van der Waals surface area (Å²) in [4.78, 5) is 168. The summed E-state index contributed by atoms with van der Waals surface area (Å²) in [5.74, 6) is -3.82. The van der Waals surface area contributed by atoms with E-state index in [2.05, 4.69) is 42.5 Å². The van der Waals surface area contributed by atoms with Crippen molar-refractivity contribution >= 4 is 186 Å². The fourth-order valence-electron chi connectivity index (χ4n) is 8.06. The number of carbonyl (C=O) groups is 15. The van der Waals surface area contributed by atoms with Crippen molar-refractivity contribution in [2.75, 3.05) is 38.5 Å². The van der Waals surface area contributed by atoms with Gasteiger partial charge in [-0.3, -0.25) is 84.6 Å². The van der Waals surface area contributed by atoms with E-state index in [4.69, 9.17) is 31.2 Å². The molecule has 0 bridgehead atoms. The normalized spacial score (nSPS) is 14.6. The number of thioether (sulfide) groups is 4. The standard InChI is InChI=1S/C22H21N3O5S.C17H13N3O3S.C11H16N2O2.C11H7NO4S.C8H6O3.C3H3NO2S/c1-22(2,3)30-20(28)24-16-7-5-4-6-15(16)23-18(26)14-10-8-13(9-11-14)12-17-19(27)25-21(29)31-17;18-12-3-1-2-4-13(12)19-15(21)11-7-5-10(6-8-11)9-14-16(22)20-17(23)24-14;1-11(2,3)15-10(14)13-9-7-5-4-6-8(9)12;13-9-8(17-11(16)12-9)5-6-1-3-7(4-2-6)10(14)15;9-5-6-1-3-7(4-2-6)8(10)11;5-2-1-7-3(6)4-2/h4-12H,1-3H3,(H,23,26)(H,24,28)(H,25,27,29);1-9H,18H2,(H,19,21)(H,20,22,23);4-7H,12H2,1-3H3,(H,13,14);1-5H,(H,14,15)(H,12,13,16);1-5H,(H,10,11);1H2,(H,4,5,6)/b17-12+;14-9+;;8-5+;;. The number of carbonyl (C=O) groups excluding carboxylic acids is 13. The summed E-state index contributed by atoms with van der Waals surface area (Å²) >= 11 is 3.51. The van der Waals surface area contributed by atoms with Gasteiger partial charge in [0.1, 0.15) is 17.5 Å². The smallest absolute Gasteiger partial charge is 0.412 e. The van der Waals surface area contributed by atoms with Crippen molar-refractivity contribution in [2.24, 2.45) is 0 Å². The number of nitrogen functional groups attached to an aromatic ring is 2. The van der Waals surface area contributed by atoms with Crippen LogP contribution in [-0.2, 0) is 28.7 Å². The van der Waals surface area contributed by atoms with Crippen molar-refractivity contribution < 1.29 is 91.6 Å². The van der Waals surface area contributed by atoms with Crippen LogP contribution in [-0.4, -0.2) is 114 Å². The van der Waals surface area contributed by atoms with Gasteiger partial charge in [0.2, 0.25) is 5.91 Å². The minimum absolute atomic E-state index is 0.173. The second kappa shape index (κ2) is 38.4. The maximum atomic E-state index is 12.6. The number of imide groups is 4. The second-order valence-corrected chi connectivity index (χ2v) is 27.3. The van der Waals surface area contributed by atoms with E-state index in [1.54, 1.807) is 187 Å². The number of hydrogen-bond acceptors (Lipinski definition) is 23. The van der Waals surface area contributed by atoms with Gasteiger partial charge in [0.25, 0.3) is 50.5 Å². The SMILES string of the molecule is CC(C)(C)OC(=O)Nc1ccccc1N.CC(C)(C)OC(=O)Nc1ccccc1NC(=O)c1ccc(/C=C2/SC(=O)NC2=O)cc1.Nc1ccccc1NC(=O)c1ccc(/C=C2/SC(=O)NC2=O)cc1.O=C1CSC(=O)N1.O=C1NC(=O)/C(=C\c2ccc(C(=O)O)cc2)S1.O=Cc1ccc(C(=O)O)cc1. The molecule has 33 heteroatoms. The molecule has 4 saturated heterocycles. The van der Waals surface area contributed by atoms with Crippen molar-refractivity contribution in [2.45, 2.75) is 52.7 Å². The van der Waals surface area contributed by atoms with Gasteiger partial charge in [0, 0.05) is 16.7 Å². The zero-order valence-electron chi connectivity index (χ0n) is 56.3. The number of nitrogens with one attached hydrogen (secondary N) is 8. The van der Waals surface area contributed by atoms with Gasteiger partial charge in [-0.15, -0.1) is 0 Å². The number of nitrogens with two attached hydrogens (primary N) is 2. The lowest BCUT2D eigenvalue weighted by molar-refractivity contribution is -0.117. The fraction of sp³-hybridized carbons (Fsp3) is 0.125. The molecule has 0 atom stereocenters. The first kappa shape index (κ1) is 81.4. The number of carboxylic acid groups (broad SMARTS) is 2. The van der Waals surface area contributed by atoms with E-state index in [9.17, 15) is 71.9 Å². The molecule has 0 saturated carbocycles. The lowest BCUT2D eigenvalue weighted by atomic mass is 10.1. The number of ether oxygens (including phenoxy) is 2. The first-order chi connectivity index (χ1) is 49.6. The van der Waals surface area contributed by atoms with Crippen LogP contribution in [0.2, 0.25) is 0 Å². The van der Waals surface area contributed by atoms with E-state index in [0.717, 1.165) is 52.6 Å². The predicted molar refractivity (Wildman–Crippen MR) is 402 cm³/mol. The highest BCUT2D eigenvalue weighted by atomic mass is 32.2. The van der Waals surface area contributed by atoms with Crippen molar-refractivity contribution in [3.05, 3.63) is 229 Å². The predicted octanol–water partition coefficient (Wildman–Crippen LogP) is 12.9. The van der Waals surface area contributed by atoms with E-state index in [1.807, 2.05) is 0 Å². The number of rotatable bonds is 12. The maximum Gasteiger partial charge on any atom is 0.412 e. The topological polar surface area (TPSA) is 463 Å². The largest absolute Gasteiger partial charge is 0.478 e. The monoisotopic (exact) mass is 1500 g/mol. The molecule has 11 rings (SSSR count). The molecule has 4 fully saturated rings. The Morgan fingerprint density at radius 2 is 0.695 bits per heavy atom. The van der Waals surface area contributed by atoms with Crippen molar-refractivity contribution in [1.29, 1.82) is 0 Å². The molecule has 105 heavy (non-hydrogen) atoms. The zero-order chi connectivity index (χ0) is 77.1. The highest BCUT2D eigenvalue weighted by Crippen LogP contribution is 2.30. The lowest BCUT2D eigenvalue weighted by Crippen LogP contribution is -2.27. The van der Waals surface area contributed by atoms with Crippen molar-refractivity contribution in [1.82, 2.24) is 21.3 Å². The molecule has 542 valence electrons. The Labute approximate surface area is 615 Å². The van der Waals surface area contributed by atoms with Gasteiger partial charge in [-0.05, 0) is 197 Å². The van der Waals surface area contributed by atoms with Gasteiger partial charge < -0.3 is 41.8 Å². The van der Waals surface area contributed by atoms with E-state index < -0.39 is 63.5 Å². The summed E-state index contributed by atoms with van der Waals surface area (Å²) < 4.78 is 10.3. The molecular weight excluding hydrogens is 1440 g/mol. The lowest BCUT2D eigenvalue weighted by Gasteiger charge is -2.20. The van der Waals surface area contributed by atoms with Crippen LogP contribution >= 0.6 is 47.0 Å². The van der Waals surface area contributed by atoms with Crippen LogP contribution in [0.1, 0.15) is 110 Å². The summed E-state index contributed by atoms with van der Waals surface area (Å²) in [5, 5.41) is 35.1. The third-order valence-corrected chi connectivity index (χ3v) is 16.0. The van der Waals surface area contributed by atoms with E-state index in [0.29, 0.717) is 88.7 Å². The van der Waals surface area contributed by atoms with Gasteiger partial charge >= 0.3 is 24.1 Å². The van der Waals surface area contributed by atoms with Crippen LogP contribution in [0.5, 0.6) is 0 Å². The highest BCUT2D eigenvalue weighted by molar-refractivity contribution is 8.19. The van der Waals surface area contributed by atoms with Crippen LogP contribution < -0.4 is 54.0 Å². The fourth-order valence-corrected chi connectivity index (χ4v) is 10.6. The van der Waals surface area contributed by atoms with Crippen molar-refractivity contribution in [3.8, 4) is 0 Å². The molecule has 0 aliphatic carbocycles. The Kier molecular flexibility index (Phi) is 29.8. The maximum absolute atomic E-state index is 12.6. The summed E-state index contributed by atoms with van der Waals surface area (Å²) in [5.41, 5.74) is 17.0. The van der Waals surface area contributed by atoms with E-state index in [-0.39, 0.29) is 39.3 Å². The molecule has 0 spiro atoms. The number of hydrogen-bond donors (Lipinski definition) is 12. The molecule has 0 aromatic heterocycles. The third kappa shape index (κ3) is 28.0. The van der Waals surface area contributed by atoms with Crippen LogP contribution in [0, 0.1) is 0 Å². The molecule has 7 aromatic carbocycles. The zero-order valence-corrected chi connectivity index (χ0v) is 59.6. The Morgan fingerprint density at radius 3 is 0.971 bits per heavy atom. The second-order valence-electron chi connectivity index (χ2n) is 23.3. The van der Waals surface area contributed by atoms with Crippen LogP contribution in [0.3, 0.4) is 0 Å². The molecule has 4 aliphatic heterocycles. The quantitative estimate of drug-likeness (QED) is 0.0307. The van der Waals surface area contributed by atoms with E-state index >= 15 is 0 Å². The molecule has 29 nitrogen and oxygen atoms in total. The third-order valence-electron chi connectivity index (χ3n) is 12.8. The van der Waals surface area contributed by atoms with E-state index in [1.165, 1.54) is 42.5 Å². The first-order valence-electron chi connectivity index (χ1n) is 30.5. The average Bonchev–Trinajstić information content (AvgIpc) is 1.33. The first-order valence-corrected chi connectivity index (χ1v) is 34.0. The van der Waals surface area contributed by atoms with Gasteiger partial charge in [0.05, 0.1) is 65.7 Å². The Balaban J connectivity index is 0.000000208.